The fourth-order valence-electron chi connectivity index (χ4n) is 1.80. The first-order valence-electron chi connectivity index (χ1n) is 6.70. The molecule has 2 aromatic rings. The lowest BCUT2D eigenvalue weighted by atomic mass is 10.2. The lowest BCUT2D eigenvalue weighted by Gasteiger charge is -2.12. The number of amides is 2. The van der Waals surface area contributed by atoms with Gasteiger partial charge in [0.05, 0.1) is 12.3 Å². The minimum absolute atomic E-state index is 0.259. The standard InChI is InChI=1S/C16H17BrN2O2/c1-2-21-15-6-4-3-5-14(15)19-16(20)18-11-12-7-9-13(17)10-8-12/h3-10H,2,11H2,1H3,(H2,18,19,20). The summed E-state index contributed by atoms with van der Waals surface area (Å²) in [6, 6.07) is 14.9. The van der Waals surface area contributed by atoms with Crippen molar-refractivity contribution in [1.82, 2.24) is 5.32 Å². The van der Waals surface area contributed by atoms with Crippen LogP contribution in [0, 0.1) is 0 Å². The third-order valence-corrected chi connectivity index (χ3v) is 3.33. The van der Waals surface area contributed by atoms with Crippen molar-refractivity contribution in [2.24, 2.45) is 0 Å². The van der Waals surface area contributed by atoms with Gasteiger partial charge in [-0.3, -0.25) is 0 Å². The molecule has 2 N–H and O–H groups in total. The molecule has 0 aliphatic rings. The molecule has 0 aromatic heterocycles. The number of carbonyl (C=O) groups excluding carboxylic acids is 1. The Labute approximate surface area is 132 Å². The number of hydrogen-bond acceptors (Lipinski definition) is 2. The molecular formula is C16H17BrN2O2. The largest absolute Gasteiger partial charge is 0.492 e. The lowest BCUT2D eigenvalue weighted by Crippen LogP contribution is -2.28. The molecule has 0 aliphatic carbocycles. The second-order valence-electron chi connectivity index (χ2n) is 4.36. The van der Waals surface area contributed by atoms with Gasteiger partial charge in [0.1, 0.15) is 5.75 Å². The number of urea groups is 1. The lowest BCUT2D eigenvalue weighted by molar-refractivity contribution is 0.251. The van der Waals surface area contributed by atoms with Crippen molar-refractivity contribution in [3.05, 3.63) is 58.6 Å². The Hall–Kier alpha value is -2.01. The fourth-order valence-corrected chi connectivity index (χ4v) is 2.07. The summed E-state index contributed by atoms with van der Waals surface area (Å²) in [6.45, 7) is 2.93. The summed E-state index contributed by atoms with van der Waals surface area (Å²) in [5.41, 5.74) is 1.69. The number of rotatable bonds is 5. The zero-order chi connectivity index (χ0) is 15.1. The van der Waals surface area contributed by atoms with Crippen LogP contribution in [-0.4, -0.2) is 12.6 Å². The quantitative estimate of drug-likeness (QED) is 0.851. The van der Waals surface area contributed by atoms with Gasteiger partial charge in [0.15, 0.2) is 0 Å². The van der Waals surface area contributed by atoms with Gasteiger partial charge < -0.3 is 15.4 Å². The molecule has 0 radical (unpaired) electrons. The van der Waals surface area contributed by atoms with Gasteiger partial charge in [-0.2, -0.15) is 0 Å². The minimum Gasteiger partial charge on any atom is -0.492 e. The van der Waals surface area contributed by atoms with E-state index in [0.29, 0.717) is 24.6 Å². The average Bonchev–Trinajstić information content (AvgIpc) is 2.49. The summed E-state index contributed by atoms with van der Waals surface area (Å²) in [6.07, 6.45) is 0. The van der Waals surface area contributed by atoms with Gasteiger partial charge in [0, 0.05) is 11.0 Å². The second-order valence-corrected chi connectivity index (χ2v) is 5.28. The van der Waals surface area contributed by atoms with E-state index in [4.69, 9.17) is 4.74 Å². The second kappa shape index (κ2) is 7.69. The number of hydrogen-bond donors (Lipinski definition) is 2. The van der Waals surface area contributed by atoms with Crippen LogP contribution in [-0.2, 0) is 6.54 Å². The van der Waals surface area contributed by atoms with E-state index in [1.165, 1.54) is 0 Å². The highest BCUT2D eigenvalue weighted by Crippen LogP contribution is 2.23. The summed E-state index contributed by atoms with van der Waals surface area (Å²) in [5.74, 6) is 0.666. The molecule has 0 fully saturated rings. The summed E-state index contributed by atoms with van der Waals surface area (Å²) in [4.78, 5) is 11.9. The van der Waals surface area contributed by atoms with E-state index >= 15 is 0 Å². The van der Waals surface area contributed by atoms with Crippen LogP contribution in [0.4, 0.5) is 10.5 Å². The van der Waals surface area contributed by atoms with Crippen LogP contribution in [0.1, 0.15) is 12.5 Å². The summed E-state index contributed by atoms with van der Waals surface area (Å²) in [5, 5.41) is 5.61. The Kier molecular flexibility index (Phi) is 5.63. The number of nitrogens with one attached hydrogen (secondary N) is 2. The van der Waals surface area contributed by atoms with E-state index in [2.05, 4.69) is 26.6 Å². The smallest absolute Gasteiger partial charge is 0.319 e. The van der Waals surface area contributed by atoms with E-state index in [-0.39, 0.29) is 6.03 Å². The molecule has 0 unspecified atom stereocenters. The number of anilines is 1. The van der Waals surface area contributed by atoms with E-state index in [1.54, 1.807) is 0 Å². The molecule has 21 heavy (non-hydrogen) atoms. The normalized spacial score (nSPS) is 10.0. The van der Waals surface area contributed by atoms with Crippen LogP contribution < -0.4 is 15.4 Å². The van der Waals surface area contributed by atoms with Gasteiger partial charge in [0.25, 0.3) is 0 Å². The molecule has 2 aromatic carbocycles. The van der Waals surface area contributed by atoms with E-state index in [0.717, 1.165) is 10.0 Å². The third-order valence-electron chi connectivity index (χ3n) is 2.80. The molecule has 110 valence electrons. The van der Waals surface area contributed by atoms with E-state index in [9.17, 15) is 4.79 Å². The summed E-state index contributed by atoms with van der Waals surface area (Å²) in [7, 11) is 0. The van der Waals surface area contributed by atoms with Crippen LogP contribution in [0.2, 0.25) is 0 Å². The molecule has 2 rings (SSSR count). The molecule has 0 aliphatic heterocycles. The number of benzene rings is 2. The van der Waals surface area contributed by atoms with E-state index in [1.807, 2.05) is 55.5 Å². The number of halogens is 1. The molecule has 4 nitrogen and oxygen atoms in total. The monoisotopic (exact) mass is 348 g/mol. The molecule has 0 saturated carbocycles. The fraction of sp³-hybridized carbons (Fsp3) is 0.188. The zero-order valence-corrected chi connectivity index (χ0v) is 13.3. The first-order chi connectivity index (χ1) is 10.2. The molecule has 0 spiro atoms. The van der Waals surface area contributed by atoms with Crippen molar-refractivity contribution in [3.63, 3.8) is 0 Å². The zero-order valence-electron chi connectivity index (χ0n) is 11.7. The van der Waals surface area contributed by atoms with Gasteiger partial charge in [0.2, 0.25) is 0 Å². The maximum Gasteiger partial charge on any atom is 0.319 e. The molecule has 0 atom stereocenters. The molecule has 0 heterocycles. The Balaban J connectivity index is 1.91. The first kappa shape index (κ1) is 15.4. The van der Waals surface area contributed by atoms with Gasteiger partial charge >= 0.3 is 6.03 Å². The van der Waals surface area contributed by atoms with Crippen molar-refractivity contribution in [2.45, 2.75) is 13.5 Å². The van der Waals surface area contributed by atoms with Crippen LogP contribution >= 0.6 is 15.9 Å². The number of para-hydroxylation sites is 2. The molecule has 2 amide bonds. The minimum atomic E-state index is -0.259. The topological polar surface area (TPSA) is 50.4 Å². The molecule has 5 heteroatoms. The van der Waals surface area contributed by atoms with Gasteiger partial charge in [-0.1, -0.05) is 40.2 Å². The third kappa shape index (κ3) is 4.79. The SMILES string of the molecule is CCOc1ccccc1NC(=O)NCc1ccc(Br)cc1. The number of ether oxygens (including phenoxy) is 1. The van der Waals surface area contributed by atoms with Crippen LogP contribution in [0.25, 0.3) is 0 Å². The predicted octanol–water partition coefficient (Wildman–Crippen LogP) is 4.17. The Bertz CT molecular complexity index is 599. The Morgan fingerprint density at radius 3 is 2.57 bits per heavy atom. The van der Waals surface area contributed by atoms with Gasteiger partial charge in [-0.05, 0) is 36.8 Å². The summed E-state index contributed by atoms with van der Waals surface area (Å²) >= 11 is 3.38. The maximum atomic E-state index is 11.9. The summed E-state index contributed by atoms with van der Waals surface area (Å²) < 4.78 is 6.48. The van der Waals surface area contributed by atoms with Crippen molar-refractivity contribution in [2.75, 3.05) is 11.9 Å². The highest BCUT2D eigenvalue weighted by Gasteiger charge is 2.06. The predicted molar refractivity (Wildman–Crippen MR) is 87.6 cm³/mol. The Morgan fingerprint density at radius 1 is 1.14 bits per heavy atom. The molecular weight excluding hydrogens is 332 g/mol. The van der Waals surface area contributed by atoms with Crippen molar-refractivity contribution in [3.8, 4) is 5.75 Å². The molecule has 0 saturated heterocycles. The van der Waals surface area contributed by atoms with Gasteiger partial charge in [-0.25, -0.2) is 4.79 Å². The first-order valence-corrected chi connectivity index (χ1v) is 7.49. The Morgan fingerprint density at radius 2 is 1.86 bits per heavy atom. The van der Waals surface area contributed by atoms with Crippen LogP contribution in [0.3, 0.4) is 0 Å². The van der Waals surface area contributed by atoms with Crippen molar-refractivity contribution in [1.29, 1.82) is 0 Å². The van der Waals surface area contributed by atoms with E-state index < -0.39 is 0 Å². The van der Waals surface area contributed by atoms with Crippen molar-refractivity contribution < 1.29 is 9.53 Å². The van der Waals surface area contributed by atoms with Gasteiger partial charge in [-0.15, -0.1) is 0 Å². The van der Waals surface area contributed by atoms with Crippen molar-refractivity contribution >= 4 is 27.6 Å². The van der Waals surface area contributed by atoms with Crippen LogP contribution in [0.15, 0.2) is 53.0 Å². The maximum absolute atomic E-state index is 11.9. The number of carbonyl (C=O) groups is 1. The highest BCUT2D eigenvalue weighted by molar-refractivity contribution is 9.10. The molecule has 0 bridgehead atoms. The highest BCUT2D eigenvalue weighted by atomic mass is 79.9. The average molecular weight is 349 g/mol. The van der Waals surface area contributed by atoms with Crippen LogP contribution in [0.5, 0.6) is 5.75 Å².